The number of alkyl halides is 3. The van der Waals surface area contributed by atoms with Gasteiger partial charge in [-0.3, -0.25) is 9.20 Å². The van der Waals surface area contributed by atoms with Crippen LogP contribution in [0, 0.1) is 5.92 Å². The second-order valence-electron chi connectivity index (χ2n) is 8.39. The number of nitrogens with two attached hydrogens (primary N) is 1. The van der Waals surface area contributed by atoms with E-state index in [1.54, 1.807) is 34.9 Å². The van der Waals surface area contributed by atoms with Crippen LogP contribution in [0.2, 0.25) is 0 Å². The summed E-state index contributed by atoms with van der Waals surface area (Å²) in [6.45, 7) is 0. The number of allylic oxidation sites excluding steroid dienone is 1. The Balaban J connectivity index is 1.39. The lowest BCUT2D eigenvalue weighted by molar-refractivity contribution is -0.137. The van der Waals surface area contributed by atoms with E-state index in [0.29, 0.717) is 27.9 Å². The Labute approximate surface area is 185 Å². The van der Waals surface area contributed by atoms with Crippen molar-refractivity contribution in [2.75, 3.05) is 12.8 Å². The van der Waals surface area contributed by atoms with E-state index in [1.807, 2.05) is 12.2 Å². The van der Waals surface area contributed by atoms with E-state index in [0.717, 1.165) is 11.6 Å². The second kappa shape index (κ2) is 6.53. The normalized spacial score (nSPS) is 21.2. The monoisotopic (exact) mass is 450 g/mol. The van der Waals surface area contributed by atoms with E-state index in [-0.39, 0.29) is 29.5 Å². The van der Waals surface area contributed by atoms with Crippen molar-refractivity contribution in [1.82, 2.24) is 24.3 Å². The lowest BCUT2D eigenvalue weighted by Gasteiger charge is -2.33. The summed E-state index contributed by atoms with van der Waals surface area (Å²) in [4.78, 5) is 27.7. The first kappa shape index (κ1) is 19.7. The maximum Gasteiger partial charge on any atom is 0.416 e. The minimum atomic E-state index is -4.41. The predicted molar refractivity (Wildman–Crippen MR) is 114 cm³/mol. The summed E-state index contributed by atoms with van der Waals surface area (Å²) >= 11 is 0. The van der Waals surface area contributed by atoms with Crippen molar-refractivity contribution in [1.29, 1.82) is 0 Å². The smallest absolute Gasteiger partial charge is 0.382 e. The molecule has 1 amide bonds. The number of benzene rings is 1. The number of hydrogen-bond donors (Lipinski definition) is 1. The molecular weight excluding hydrogens is 433 g/mol. The van der Waals surface area contributed by atoms with Crippen molar-refractivity contribution in [2.24, 2.45) is 5.92 Å². The summed E-state index contributed by atoms with van der Waals surface area (Å²) in [6.07, 6.45) is 4.08. The molecule has 7 nitrogen and oxygen atoms in total. The molecule has 10 heteroatoms. The van der Waals surface area contributed by atoms with Crippen LogP contribution in [0.25, 0.3) is 16.6 Å². The summed E-state index contributed by atoms with van der Waals surface area (Å²) in [6, 6.07) is 5.03. The Morgan fingerprint density at radius 3 is 2.67 bits per heavy atom. The molecule has 2 aliphatic rings. The Morgan fingerprint density at radius 2 is 1.94 bits per heavy atom. The molecule has 33 heavy (non-hydrogen) atoms. The molecule has 3 atom stereocenters. The summed E-state index contributed by atoms with van der Waals surface area (Å²) in [7, 11) is 1.66. The molecule has 0 radical (unpaired) electrons. The van der Waals surface area contributed by atoms with Crippen LogP contribution in [0.4, 0.5) is 19.0 Å². The van der Waals surface area contributed by atoms with Gasteiger partial charge in [0.1, 0.15) is 22.5 Å². The van der Waals surface area contributed by atoms with E-state index < -0.39 is 11.7 Å². The molecule has 0 saturated heterocycles. The number of carbonyl (C=O) groups excluding carboxylic acids is 1. The van der Waals surface area contributed by atoms with Gasteiger partial charge in [0.05, 0.1) is 35.8 Å². The summed E-state index contributed by atoms with van der Waals surface area (Å²) in [5, 5.41) is 0. The van der Waals surface area contributed by atoms with Gasteiger partial charge in [-0.2, -0.15) is 13.2 Å². The number of halogens is 3. The van der Waals surface area contributed by atoms with E-state index in [9.17, 15) is 18.0 Å². The fraction of sp³-hybridized carbons (Fsp3) is 0.217. The zero-order chi connectivity index (χ0) is 23.1. The van der Waals surface area contributed by atoms with Crippen molar-refractivity contribution in [3.63, 3.8) is 0 Å². The second-order valence-corrected chi connectivity index (χ2v) is 8.39. The van der Waals surface area contributed by atoms with Crippen LogP contribution < -0.4 is 5.73 Å². The maximum atomic E-state index is 13.4. The molecule has 0 aliphatic heterocycles. The van der Waals surface area contributed by atoms with Gasteiger partial charge in [-0.1, -0.05) is 18.2 Å². The topological polar surface area (TPSA) is 89.4 Å². The molecule has 3 heterocycles. The van der Waals surface area contributed by atoms with E-state index in [1.165, 1.54) is 18.3 Å². The first-order chi connectivity index (χ1) is 15.7. The van der Waals surface area contributed by atoms with Crippen molar-refractivity contribution >= 4 is 28.3 Å². The fourth-order valence-corrected chi connectivity index (χ4v) is 4.95. The van der Waals surface area contributed by atoms with Gasteiger partial charge < -0.3 is 10.6 Å². The molecule has 3 aromatic heterocycles. The van der Waals surface area contributed by atoms with Crippen LogP contribution in [0.3, 0.4) is 0 Å². The molecule has 0 fully saturated rings. The number of nitrogens with zero attached hydrogens (tertiary/aromatic N) is 5. The average molecular weight is 450 g/mol. The van der Waals surface area contributed by atoms with Gasteiger partial charge in [0.25, 0.3) is 5.91 Å². The molecule has 2 aliphatic carbocycles. The Hall–Kier alpha value is -3.95. The zero-order valence-corrected chi connectivity index (χ0v) is 17.3. The third-order valence-corrected chi connectivity index (χ3v) is 6.63. The highest BCUT2D eigenvalue weighted by molar-refractivity contribution is 5.96. The lowest BCUT2D eigenvalue weighted by Crippen LogP contribution is -2.35. The number of anilines is 1. The van der Waals surface area contributed by atoms with Gasteiger partial charge in [0, 0.05) is 18.9 Å². The van der Waals surface area contributed by atoms with Crippen molar-refractivity contribution < 1.29 is 18.0 Å². The van der Waals surface area contributed by atoms with Crippen molar-refractivity contribution in [3.05, 3.63) is 77.5 Å². The predicted octanol–water partition coefficient (Wildman–Crippen LogP) is 3.98. The highest BCUT2D eigenvalue weighted by Gasteiger charge is 2.46. The third-order valence-electron chi connectivity index (χ3n) is 6.63. The molecule has 166 valence electrons. The third kappa shape index (κ3) is 2.76. The number of carbonyl (C=O) groups is 1. The molecule has 1 aromatic carbocycles. The first-order valence-corrected chi connectivity index (χ1v) is 10.3. The van der Waals surface area contributed by atoms with Gasteiger partial charge in [0.2, 0.25) is 0 Å². The summed E-state index contributed by atoms with van der Waals surface area (Å²) < 4.78 is 41.4. The zero-order valence-electron chi connectivity index (χ0n) is 17.3. The molecular formula is C23H17F3N6O. The van der Waals surface area contributed by atoms with Gasteiger partial charge in [-0.15, -0.1) is 0 Å². The molecule has 0 saturated carbocycles. The minimum absolute atomic E-state index is 0.0697. The highest BCUT2D eigenvalue weighted by atomic mass is 19.4. The first-order valence-electron chi connectivity index (χ1n) is 10.3. The number of nitrogen functional groups attached to an aromatic ring is 1. The molecule has 0 unspecified atom stereocenters. The average Bonchev–Trinajstić information content (AvgIpc) is 3.33. The number of rotatable bonds is 2. The summed E-state index contributed by atoms with van der Waals surface area (Å²) in [5.41, 5.74) is 8.60. The maximum absolute atomic E-state index is 13.4. The van der Waals surface area contributed by atoms with Gasteiger partial charge in [0.15, 0.2) is 0 Å². The quantitative estimate of drug-likeness (QED) is 0.467. The largest absolute Gasteiger partial charge is 0.416 e. The van der Waals surface area contributed by atoms with Crippen LogP contribution >= 0.6 is 0 Å². The number of fused-ring (bicyclic) bond motifs is 6. The van der Waals surface area contributed by atoms with Crippen molar-refractivity contribution in [3.8, 4) is 0 Å². The van der Waals surface area contributed by atoms with E-state index in [2.05, 4.69) is 15.0 Å². The lowest BCUT2D eigenvalue weighted by atomic mass is 9.80. The Morgan fingerprint density at radius 1 is 1.12 bits per heavy atom. The molecule has 4 aromatic rings. The number of pyridine rings is 1. The molecule has 2 N–H and O–H groups in total. The number of hydrogen-bond acceptors (Lipinski definition) is 5. The summed E-state index contributed by atoms with van der Waals surface area (Å²) in [5.74, 6) is -0.232. The molecule has 6 rings (SSSR count). The van der Waals surface area contributed by atoms with Gasteiger partial charge >= 0.3 is 6.18 Å². The Bertz CT molecular complexity index is 1490. The number of amides is 1. The number of aromatic nitrogens is 4. The van der Waals surface area contributed by atoms with Crippen LogP contribution in [-0.2, 0) is 6.18 Å². The van der Waals surface area contributed by atoms with Gasteiger partial charge in [-0.05, 0) is 29.3 Å². The van der Waals surface area contributed by atoms with Crippen LogP contribution in [-0.4, -0.2) is 37.2 Å². The number of imidazole rings is 1. The highest BCUT2D eigenvalue weighted by Crippen LogP contribution is 2.55. The fourth-order valence-electron chi connectivity index (χ4n) is 4.95. The van der Waals surface area contributed by atoms with Crippen LogP contribution in [0.5, 0.6) is 0 Å². The Kier molecular flexibility index (Phi) is 3.90. The molecule has 0 bridgehead atoms. The minimum Gasteiger partial charge on any atom is -0.382 e. The van der Waals surface area contributed by atoms with E-state index >= 15 is 0 Å². The van der Waals surface area contributed by atoms with Gasteiger partial charge in [-0.25, -0.2) is 15.0 Å². The standard InChI is InChI=1S/C23H17F3N6O/c1-31(20-13-5-4-12(13)15-6-11(23(24,25)26)2-3-14(15)20)22(33)16-7-18-17(8-29-16)30-21(27)19-9-28-10-32(18)19/h2-10,12-13,20H,1H3,(H2,27,30)/t12-,13+,20-/m1/s1. The SMILES string of the molecule is CN(C(=O)c1cc2c(cn1)nc(N)c1cncn12)[C@H]1c2ccc(C(F)(F)F)cc2[C@@H]2C=C[C@@H]21. The van der Waals surface area contributed by atoms with Crippen LogP contribution in [0.15, 0.2) is 55.1 Å². The van der Waals surface area contributed by atoms with Crippen molar-refractivity contribution in [2.45, 2.75) is 18.1 Å². The van der Waals surface area contributed by atoms with Crippen LogP contribution in [0.1, 0.15) is 39.1 Å². The molecule has 0 spiro atoms. The van der Waals surface area contributed by atoms with E-state index in [4.69, 9.17) is 5.73 Å².